The summed E-state index contributed by atoms with van der Waals surface area (Å²) in [6, 6.07) is 4.60. The first-order valence-electron chi connectivity index (χ1n) is 6.00. The van der Waals surface area contributed by atoms with Crippen molar-refractivity contribution in [3.05, 3.63) is 29.8 Å². The molecular formula is C13H18N2O4. The van der Waals surface area contributed by atoms with Gasteiger partial charge in [0.2, 0.25) is 5.91 Å². The van der Waals surface area contributed by atoms with Gasteiger partial charge in [-0.1, -0.05) is 19.1 Å². The maximum Gasteiger partial charge on any atom is 0.326 e. The number of carbonyl (C=O) groups is 2. The number of carboxylic acid groups (broad SMARTS) is 1. The number of hydrogen-bond donors (Lipinski definition) is 4. The molecule has 1 aromatic carbocycles. The Morgan fingerprint density at radius 2 is 1.89 bits per heavy atom. The van der Waals surface area contributed by atoms with E-state index < -0.39 is 24.0 Å². The molecule has 2 unspecified atom stereocenters. The Labute approximate surface area is 111 Å². The van der Waals surface area contributed by atoms with Gasteiger partial charge in [-0.3, -0.25) is 4.79 Å². The van der Waals surface area contributed by atoms with Gasteiger partial charge in [-0.2, -0.15) is 0 Å². The molecule has 19 heavy (non-hydrogen) atoms. The van der Waals surface area contributed by atoms with Crippen LogP contribution >= 0.6 is 0 Å². The molecule has 0 saturated carbocycles. The van der Waals surface area contributed by atoms with Gasteiger partial charge in [0.15, 0.2) is 0 Å². The van der Waals surface area contributed by atoms with Gasteiger partial charge in [-0.15, -0.1) is 0 Å². The highest BCUT2D eigenvalue weighted by Gasteiger charge is 2.21. The van der Waals surface area contributed by atoms with Crippen molar-refractivity contribution in [3.8, 4) is 5.75 Å². The van der Waals surface area contributed by atoms with Crippen molar-refractivity contribution < 1.29 is 19.8 Å². The lowest BCUT2D eigenvalue weighted by Crippen LogP contribution is -2.48. The third-order valence-corrected chi connectivity index (χ3v) is 2.75. The summed E-state index contributed by atoms with van der Waals surface area (Å²) in [6.07, 6.45) is 0.579. The molecule has 0 spiro atoms. The fourth-order valence-electron chi connectivity index (χ4n) is 1.60. The third-order valence-electron chi connectivity index (χ3n) is 2.75. The van der Waals surface area contributed by atoms with Crippen LogP contribution in [0.25, 0.3) is 0 Å². The quantitative estimate of drug-likeness (QED) is 0.589. The van der Waals surface area contributed by atoms with E-state index in [-0.39, 0.29) is 12.2 Å². The third kappa shape index (κ3) is 4.59. The lowest BCUT2D eigenvalue weighted by Gasteiger charge is -2.16. The molecule has 1 amide bonds. The minimum absolute atomic E-state index is 0.138. The van der Waals surface area contributed by atoms with Crippen LogP contribution in [0.1, 0.15) is 18.9 Å². The minimum atomic E-state index is -1.08. The molecule has 0 aliphatic rings. The van der Waals surface area contributed by atoms with E-state index in [9.17, 15) is 9.59 Å². The number of amides is 1. The van der Waals surface area contributed by atoms with Crippen LogP contribution in [-0.4, -0.2) is 34.2 Å². The molecule has 104 valence electrons. The summed E-state index contributed by atoms with van der Waals surface area (Å²) in [7, 11) is 0. The minimum Gasteiger partial charge on any atom is -0.508 e. The highest BCUT2D eigenvalue weighted by atomic mass is 16.4. The number of nitrogens with two attached hydrogens (primary N) is 1. The molecule has 2 atom stereocenters. The summed E-state index contributed by atoms with van der Waals surface area (Å²) >= 11 is 0. The first-order valence-corrected chi connectivity index (χ1v) is 6.00. The molecule has 0 saturated heterocycles. The van der Waals surface area contributed by atoms with Crippen molar-refractivity contribution in [3.63, 3.8) is 0 Å². The molecule has 6 heteroatoms. The molecule has 5 N–H and O–H groups in total. The molecule has 6 nitrogen and oxygen atoms in total. The number of carbonyl (C=O) groups excluding carboxylic acids is 1. The lowest BCUT2D eigenvalue weighted by molar-refractivity contribution is -0.142. The van der Waals surface area contributed by atoms with Gasteiger partial charge < -0.3 is 21.3 Å². The summed E-state index contributed by atoms with van der Waals surface area (Å²) in [6.45, 7) is 1.67. The summed E-state index contributed by atoms with van der Waals surface area (Å²) in [4.78, 5) is 22.5. The molecule has 1 aromatic rings. The maximum atomic E-state index is 11.7. The number of rotatable bonds is 6. The van der Waals surface area contributed by atoms with Crippen LogP contribution < -0.4 is 11.1 Å². The van der Waals surface area contributed by atoms with Crippen molar-refractivity contribution in [1.29, 1.82) is 0 Å². The van der Waals surface area contributed by atoms with Crippen LogP contribution in [0.15, 0.2) is 24.3 Å². The Morgan fingerprint density at radius 3 is 2.37 bits per heavy atom. The predicted octanol–water partition coefficient (Wildman–Crippen LogP) is 0.241. The Balaban J connectivity index is 2.57. The zero-order valence-electron chi connectivity index (χ0n) is 10.7. The molecule has 1 rings (SSSR count). The normalized spacial score (nSPS) is 13.6. The van der Waals surface area contributed by atoms with Crippen LogP contribution in [0.4, 0.5) is 0 Å². The zero-order chi connectivity index (χ0) is 14.4. The van der Waals surface area contributed by atoms with Gasteiger partial charge >= 0.3 is 5.97 Å². The average Bonchev–Trinajstić information content (AvgIpc) is 2.37. The van der Waals surface area contributed by atoms with Gasteiger partial charge in [0.05, 0.1) is 6.04 Å². The van der Waals surface area contributed by atoms with Crippen molar-refractivity contribution in [1.82, 2.24) is 5.32 Å². The van der Waals surface area contributed by atoms with Gasteiger partial charge in [0, 0.05) is 0 Å². The first kappa shape index (κ1) is 15.0. The van der Waals surface area contributed by atoms with Crippen LogP contribution in [-0.2, 0) is 16.0 Å². The summed E-state index contributed by atoms with van der Waals surface area (Å²) < 4.78 is 0. The van der Waals surface area contributed by atoms with E-state index >= 15 is 0 Å². The Kier molecular flexibility index (Phi) is 5.32. The number of phenolic OH excluding ortho intramolecular Hbond substituents is 1. The smallest absolute Gasteiger partial charge is 0.326 e. The van der Waals surface area contributed by atoms with Crippen molar-refractivity contribution >= 4 is 11.9 Å². The highest BCUT2D eigenvalue weighted by molar-refractivity contribution is 5.86. The number of carboxylic acids is 1. The predicted molar refractivity (Wildman–Crippen MR) is 69.6 cm³/mol. The number of benzene rings is 1. The average molecular weight is 266 g/mol. The second-order valence-corrected chi connectivity index (χ2v) is 4.28. The van der Waals surface area contributed by atoms with Crippen LogP contribution in [0, 0.1) is 0 Å². The molecule has 0 aliphatic carbocycles. The SMILES string of the molecule is CCC(NC(=O)C(N)Cc1ccc(O)cc1)C(=O)O. The number of aliphatic carboxylic acids is 1. The summed E-state index contributed by atoms with van der Waals surface area (Å²) in [5, 5.41) is 20.4. The first-order chi connectivity index (χ1) is 8.93. The molecule has 0 aliphatic heterocycles. The van der Waals surface area contributed by atoms with Crippen LogP contribution in [0.3, 0.4) is 0 Å². The van der Waals surface area contributed by atoms with E-state index in [0.717, 1.165) is 5.56 Å². The van der Waals surface area contributed by atoms with E-state index in [1.165, 1.54) is 12.1 Å². The van der Waals surface area contributed by atoms with Gasteiger partial charge in [-0.05, 0) is 30.5 Å². The molecule has 0 aromatic heterocycles. The Morgan fingerprint density at radius 1 is 1.32 bits per heavy atom. The van der Waals surface area contributed by atoms with Crippen molar-refractivity contribution in [2.75, 3.05) is 0 Å². The molecular weight excluding hydrogens is 248 g/mol. The van der Waals surface area contributed by atoms with Crippen LogP contribution in [0.2, 0.25) is 0 Å². The van der Waals surface area contributed by atoms with Gasteiger partial charge in [-0.25, -0.2) is 4.79 Å². The number of phenols is 1. The fraction of sp³-hybridized carbons (Fsp3) is 0.385. The second-order valence-electron chi connectivity index (χ2n) is 4.28. The lowest BCUT2D eigenvalue weighted by atomic mass is 10.1. The summed E-state index contributed by atoms with van der Waals surface area (Å²) in [5.74, 6) is -1.44. The molecule has 0 fully saturated rings. The standard InChI is InChI=1S/C13H18N2O4/c1-2-11(13(18)19)15-12(17)10(14)7-8-3-5-9(16)6-4-8/h3-6,10-11,16H,2,7,14H2,1H3,(H,15,17)(H,18,19). The molecule has 0 heterocycles. The van der Waals surface area contributed by atoms with Crippen molar-refractivity contribution in [2.24, 2.45) is 5.73 Å². The van der Waals surface area contributed by atoms with Gasteiger partial charge in [0.1, 0.15) is 11.8 Å². The Bertz CT molecular complexity index is 444. The number of aromatic hydroxyl groups is 1. The van der Waals surface area contributed by atoms with E-state index in [1.807, 2.05) is 0 Å². The largest absolute Gasteiger partial charge is 0.508 e. The highest BCUT2D eigenvalue weighted by Crippen LogP contribution is 2.11. The van der Waals surface area contributed by atoms with E-state index in [0.29, 0.717) is 6.42 Å². The van der Waals surface area contributed by atoms with Gasteiger partial charge in [0.25, 0.3) is 0 Å². The van der Waals surface area contributed by atoms with E-state index in [2.05, 4.69) is 5.32 Å². The molecule has 0 radical (unpaired) electrons. The molecule has 0 bridgehead atoms. The van der Waals surface area contributed by atoms with Crippen LogP contribution in [0.5, 0.6) is 5.75 Å². The fourth-order valence-corrected chi connectivity index (χ4v) is 1.60. The number of hydrogen-bond acceptors (Lipinski definition) is 4. The Hall–Kier alpha value is -2.08. The van der Waals surface area contributed by atoms with E-state index in [1.54, 1.807) is 19.1 Å². The maximum absolute atomic E-state index is 11.7. The zero-order valence-corrected chi connectivity index (χ0v) is 10.7. The van der Waals surface area contributed by atoms with E-state index in [4.69, 9.17) is 15.9 Å². The monoisotopic (exact) mass is 266 g/mol. The topological polar surface area (TPSA) is 113 Å². The second kappa shape index (κ2) is 6.75. The number of nitrogens with one attached hydrogen (secondary N) is 1. The van der Waals surface area contributed by atoms with Crippen molar-refractivity contribution in [2.45, 2.75) is 31.8 Å². The summed E-state index contributed by atoms with van der Waals surface area (Å²) in [5.41, 5.74) is 6.52.